The van der Waals surface area contributed by atoms with E-state index in [1.54, 1.807) is 12.1 Å². The Bertz CT molecular complexity index is 1260. The van der Waals surface area contributed by atoms with Gasteiger partial charge in [-0.25, -0.2) is 4.79 Å². The van der Waals surface area contributed by atoms with Crippen LogP contribution in [0.4, 0.5) is 5.69 Å². The van der Waals surface area contributed by atoms with E-state index in [0.717, 1.165) is 40.7 Å². The average Bonchev–Trinajstić information content (AvgIpc) is 3.46. The topological polar surface area (TPSA) is 84.9 Å². The summed E-state index contributed by atoms with van der Waals surface area (Å²) in [6.07, 6.45) is 1.57. The summed E-state index contributed by atoms with van der Waals surface area (Å²) in [4.78, 5) is 24.5. The third-order valence-corrected chi connectivity index (χ3v) is 6.37. The summed E-state index contributed by atoms with van der Waals surface area (Å²) < 4.78 is 10.9. The number of nitrogens with one attached hydrogen (secondary N) is 1. The Morgan fingerprint density at radius 1 is 0.875 bits per heavy atom. The van der Waals surface area contributed by atoms with E-state index < -0.39 is 11.4 Å². The number of hydrogen-bond acceptors (Lipinski definition) is 4. The highest BCUT2D eigenvalue weighted by atomic mass is 16.7. The van der Waals surface area contributed by atoms with Crippen molar-refractivity contribution in [1.82, 2.24) is 0 Å². The van der Waals surface area contributed by atoms with Gasteiger partial charge in [-0.3, -0.25) is 4.79 Å². The van der Waals surface area contributed by atoms with Crippen molar-refractivity contribution in [2.24, 2.45) is 0 Å². The van der Waals surface area contributed by atoms with Crippen molar-refractivity contribution < 1.29 is 24.2 Å². The molecule has 0 bridgehead atoms. The summed E-state index contributed by atoms with van der Waals surface area (Å²) >= 11 is 0. The fourth-order valence-corrected chi connectivity index (χ4v) is 4.31. The molecule has 1 saturated carbocycles. The second kappa shape index (κ2) is 7.41. The third kappa shape index (κ3) is 3.38. The molecule has 3 aromatic carbocycles. The first-order chi connectivity index (χ1) is 15.4. The van der Waals surface area contributed by atoms with Crippen molar-refractivity contribution in [3.63, 3.8) is 0 Å². The number of carboxylic acids is 1. The van der Waals surface area contributed by atoms with Crippen molar-refractivity contribution >= 4 is 17.6 Å². The first kappa shape index (κ1) is 20.1. The SMILES string of the molecule is Cc1cc(C(=O)O)ccc1-c1cc(NC(=O)C2(c3ccc4c(c3)OCO4)CC2)ccc1C. The first-order valence-electron chi connectivity index (χ1n) is 10.5. The molecule has 6 nitrogen and oxygen atoms in total. The summed E-state index contributed by atoms with van der Waals surface area (Å²) in [6.45, 7) is 4.10. The first-order valence-corrected chi connectivity index (χ1v) is 10.5. The molecule has 1 amide bonds. The van der Waals surface area contributed by atoms with Crippen LogP contribution in [-0.2, 0) is 10.2 Å². The van der Waals surface area contributed by atoms with Crippen LogP contribution < -0.4 is 14.8 Å². The highest BCUT2D eigenvalue weighted by molar-refractivity contribution is 6.02. The molecule has 2 aliphatic rings. The number of aromatic carboxylic acids is 1. The van der Waals surface area contributed by atoms with E-state index in [2.05, 4.69) is 5.32 Å². The number of anilines is 1. The van der Waals surface area contributed by atoms with Gasteiger partial charge in [0.1, 0.15) is 0 Å². The van der Waals surface area contributed by atoms with Crippen LogP contribution in [0.3, 0.4) is 0 Å². The molecular weight excluding hydrogens is 406 g/mol. The number of benzene rings is 3. The minimum Gasteiger partial charge on any atom is -0.478 e. The van der Waals surface area contributed by atoms with Gasteiger partial charge in [-0.15, -0.1) is 0 Å². The lowest BCUT2D eigenvalue weighted by Crippen LogP contribution is -2.27. The van der Waals surface area contributed by atoms with Gasteiger partial charge in [-0.2, -0.15) is 0 Å². The van der Waals surface area contributed by atoms with Crippen LogP contribution in [0, 0.1) is 13.8 Å². The second-order valence-corrected chi connectivity index (χ2v) is 8.47. The number of rotatable bonds is 5. The van der Waals surface area contributed by atoms with Gasteiger partial charge in [0, 0.05) is 5.69 Å². The minimum atomic E-state index is -0.948. The lowest BCUT2D eigenvalue weighted by molar-refractivity contribution is -0.118. The zero-order valence-electron chi connectivity index (χ0n) is 17.9. The van der Waals surface area contributed by atoms with E-state index in [0.29, 0.717) is 17.2 Å². The molecule has 0 aromatic heterocycles. The predicted octanol–water partition coefficient (Wildman–Crippen LogP) is 5.07. The number of carbonyl (C=O) groups is 2. The number of fused-ring (bicyclic) bond motifs is 1. The van der Waals surface area contributed by atoms with Crippen molar-refractivity contribution in [2.45, 2.75) is 32.1 Å². The number of carboxylic acid groups (broad SMARTS) is 1. The van der Waals surface area contributed by atoms with Gasteiger partial charge in [-0.1, -0.05) is 18.2 Å². The summed E-state index contributed by atoms with van der Waals surface area (Å²) in [5.41, 5.74) is 5.18. The molecule has 3 aromatic rings. The largest absolute Gasteiger partial charge is 0.478 e. The molecule has 1 heterocycles. The number of aryl methyl sites for hydroxylation is 2. The maximum Gasteiger partial charge on any atom is 0.335 e. The molecular formula is C26H23NO5. The van der Waals surface area contributed by atoms with E-state index in [9.17, 15) is 14.7 Å². The molecule has 0 radical (unpaired) electrons. The second-order valence-electron chi connectivity index (χ2n) is 8.47. The molecule has 0 atom stereocenters. The van der Waals surface area contributed by atoms with Crippen LogP contribution in [0.15, 0.2) is 54.6 Å². The van der Waals surface area contributed by atoms with Crippen LogP contribution in [0.5, 0.6) is 11.5 Å². The predicted molar refractivity (Wildman–Crippen MR) is 120 cm³/mol. The van der Waals surface area contributed by atoms with Gasteiger partial charge in [0.25, 0.3) is 0 Å². The summed E-state index contributed by atoms with van der Waals surface area (Å²) in [5, 5.41) is 12.3. The Hall–Kier alpha value is -3.80. The molecule has 5 rings (SSSR count). The highest BCUT2D eigenvalue weighted by Gasteiger charge is 2.51. The summed E-state index contributed by atoms with van der Waals surface area (Å²) in [6, 6.07) is 16.6. The fourth-order valence-electron chi connectivity index (χ4n) is 4.31. The van der Waals surface area contributed by atoms with E-state index >= 15 is 0 Å². The van der Waals surface area contributed by atoms with Crippen molar-refractivity contribution in [3.8, 4) is 22.6 Å². The lowest BCUT2D eigenvalue weighted by Gasteiger charge is -2.18. The number of carbonyl (C=O) groups excluding carboxylic acids is 1. The quantitative estimate of drug-likeness (QED) is 0.592. The molecule has 0 spiro atoms. The molecule has 162 valence electrons. The van der Waals surface area contributed by atoms with Crippen LogP contribution in [0.2, 0.25) is 0 Å². The Kier molecular flexibility index (Phi) is 4.66. The van der Waals surface area contributed by atoms with Gasteiger partial charge >= 0.3 is 5.97 Å². The number of hydrogen-bond donors (Lipinski definition) is 2. The Labute approximate surface area is 185 Å². The van der Waals surface area contributed by atoms with Gasteiger partial charge in [-0.05, 0) is 90.9 Å². The summed E-state index contributed by atoms with van der Waals surface area (Å²) in [5.74, 6) is 0.400. The summed E-state index contributed by atoms with van der Waals surface area (Å²) in [7, 11) is 0. The standard InChI is InChI=1S/C26H23NO5/c1-15-3-6-19(13-21(15)20-7-4-17(24(28)29)11-16(20)2)27-25(30)26(9-10-26)18-5-8-22-23(12-18)32-14-31-22/h3-8,11-13H,9-10,14H2,1-2H3,(H,27,30)(H,28,29). The molecule has 1 aliphatic heterocycles. The third-order valence-electron chi connectivity index (χ3n) is 6.37. The maximum absolute atomic E-state index is 13.3. The maximum atomic E-state index is 13.3. The van der Waals surface area contributed by atoms with Crippen molar-refractivity contribution in [2.75, 3.05) is 12.1 Å². The van der Waals surface area contributed by atoms with Gasteiger partial charge in [0.15, 0.2) is 11.5 Å². The lowest BCUT2D eigenvalue weighted by atomic mass is 9.93. The highest BCUT2D eigenvalue weighted by Crippen LogP contribution is 2.51. The van der Waals surface area contributed by atoms with Gasteiger partial charge in [0.05, 0.1) is 11.0 Å². The van der Waals surface area contributed by atoms with Crippen LogP contribution >= 0.6 is 0 Å². The molecule has 0 unspecified atom stereocenters. The molecule has 1 aliphatic carbocycles. The van der Waals surface area contributed by atoms with Gasteiger partial charge < -0.3 is 19.9 Å². The smallest absolute Gasteiger partial charge is 0.335 e. The average molecular weight is 429 g/mol. The molecule has 32 heavy (non-hydrogen) atoms. The van der Waals surface area contributed by atoms with Crippen molar-refractivity contribution in [1.29, 1.82) is 0 Å². The normalized spacial score (nSPS) is 15.3. The molecule has 2 N–H and O–H groups in total. The molecule has 6 heteroatoms. The van der Waals surface area contributed by atoms with Gasteiger partial charge in [0.2, 0.25) is 12.7 Å². The Morgan fingerprint density at radius 2 is 1.66 bits per heavy atom. The van der Waals surface area contributed by atoms with Crippen molar-refractivity contribution in [3.05, 3.63) is 76.9 Å². The Morgan fingerprint density at radius 3 is 2.38 bits per heavy atom. The van der Waals surface area contributed by atoms with E-state index in [-0.39, 0.29) is 18.3 Å². The minimum absolute atomic E-state index is 0.0379. The van der Waals surface area contributed by atoms with Crippen LogP contribution in [-0.4, -0.2) is 23.8 Å². The van der Waals surface area contributed by atoms with E-state index in [4.69, 9.17) is 9.47 Å². The van der Waals surface area contributed by atoms with Crippen LogP contribution in [0.1, 0.15) is 39.9 Å². The monoisotopic (exact) mass is 429 g/mol. The Balaban J connectivity index is 1.42. The zero-order valence-corrected chi connectivity index (χ0v) is 17.9. The zero-order chi connectivity index (χ0) is 22.5. The van der Waals surface area contributed by atoms with E-state index in [1.165, 1.54) is 0 Å². The number of ether oxygens (including phenoxy) is 2. The van der Waals surface area contributed by atoms with Crippen LogP contribution in [0.25, 0.3) is 11.1 Å². The molecule has 1 fully saturated rings. The molecule has 0 saturated heterocycles. The van der Waals surface area contributed by atoms with E-state index in [1.807, 2.05) is 56.3 Å². The number of amides is 1. The fraction of sp³-hybridized carbons (Fsp3) is 0.231.